The standard InChI is InChI=1S/C17H20N2O4S2/c1-13-7-8-17(14(2)11-13)25(22,23)18-15-5-3-6-16(12-15)19-9-4-10-24(19,20)21/h3,5-8,11-12,18H,4,9-10H2,1-2H3. The van der Waals surface area contributed by atoms with Gasteiger partial charge in [0, 0.05) is 6.54 Å². The monoisotopic (exact) mass is 380 g/mol. The van der Waals surface area contributed by atoms with Crippen molar-refractivity contribution in [1.29, 1.82) is 0 Å². The average Bonchev–Trinajstić information content (AvgIpc) is 2.86. The van der Waals surface area contributed by atoms with Crippen molar-refractivity contribution in [2.75, 3.05) is 21.3 Å². The Labute approximate surface area is 148 Å². The molecule has 1 heterocycles. The Hall–Kier alpha value is -2.06. The van der Waals surface area contributed by atoms with Crippen LogP contribution in [-0.4, -0.2) is 29.1 Å². The van der Waals surface area contributed by atoms with Crippen molar-refractivity contribution in [1.82, 2.24) is 0 Å². The third kappa shape index (κ3) is 3.64. The smallest absolute Gasteiger partial charge is 0.262 e. The van der Waals surface area contributed by atoms with Crippen LogP contribution in [0.4, 0.5) is 11.4 Å². The normalized spacial score (nSPS) is 16.8. The number of aryl methyl sites for hydroxylation is 2. The highest BCUT2D eigenvalue weighted by Gasteiger charge is 2.28. The van der Waals surface area contributed by atoms with Gasteiger partial charge in [0.2, 0.25) is 10.0 Å². The van der Waals surface area contributed by atoms with E-state index in [9.17, 15) is 16.8 Å². The summed E-state index contributed by atoms with van der Waals surface area (Å²) in [5, 5.41) is 0. The predicted octanol–water partition coefficient (Wildman–Crippen LogP) is 2.64. The quantitative estimate of drug-likeness (QED) is 0.884. The molecular weight excluding hydrogens is 360 g/mol. The summed E-state index contributed by atoms with van der Waals surface area (Å²) < 4.78 is 53.2. The molecule has 0 unspecified atom stereocenters. The minimum atomic E-state index is -3.75. The molecule has 0 aliphatic carbocycles. The molecule has 0 aromatic heterocycles. The average molecular weight is 380 g/mol. The van der Waals surface area contributed by atoms with E-state index in [4.69, 9.17) is 0 Å². The van der Waals surface area contributed by atoms with E-state index in [2.05, 4.69) is 4.72 Å². The van der Waals surface area contributed by atoms with Crippen molar-refractivity contribution >= 4 is 31.4 Å². The lowest BCUT2D eigenvalue weighted by atomic mass is 10.2. The van der Waals surface area contributed by atoms with Crippen LogP contribution in [0.3, 0.4) is 0 Å². The first-order chi connectivity index (χ1) is 11.7. The van der Waals surface area contributed by atoms with Crippen LogP contribution in [-0.2, 0) is 20.0 Å². The molecule has 134 valence electrons. The molecule has 25 heavy (non-hydrogen) atoms. The summed E-state index contributed by atoms with van der Waals surface area (Å²) in [5.41, 5.74) is 2.45. The molecule has 6 nitrogen and oxygen atoms in total. The fraction of sp³-hybridized carbons (Fsp3) is 0.294. The maximum absolute atomic E-state index is 12.7. The van der Waals surface area contributed by atoms with Crippen molar-refractivity contribution in [3.05, 3.63) is 53.6 Å². The molecule has 1 saturated heterocycles. The van der Waals surface area contributed by atoms with Crippen LogP contribution < -0.4 is 9.03 Å². The third-order valence-electron chi connectivity index (χ3n) is 4.11. The van der Waals surface area contributed by atoms with Gasteiger partial charge in [-0.2, -0.15) is 0 Å². The number of benzene rings is 2. The predicted molar refractivity (Wildman–Crippen MR) is 98.9 cm³/mol. The second kappa shape index (κ2) is 6.34. The number of hydrogen-bond acceptors (Lipinski definition) is 4. The summed E-state index contributed by atoms with van der Waals surface area (Å²) in [4.78, 5) is 0.206. The molecule has 3 rings (SSSR count). The van der Waals surface area contributed by atoms with Crippen LogP contribution >= 0.6 is 0 Å². The molecule has 2 aromatic carbocycles. The van der Waals surface area contributed by atoms with Crippen LogP contribution in [0.15, 0.2) is 47.4 Å². The molecule has 0 spiro atoms. The lowest BCUT2D eigenvalue weighted by molar-refractivity contribution is 0.598. The van der Waals surface area contributed by atoms with Crippen LogP contribution in [0, 0.1) is 13.8 Å². The number of rotatable bonds is 4. The Bertz CT molecular complexity index is 1010. The van der Waals surface area contributed by atoms with Gasteiger partial charge in [-0.05, 0) is 50.1 Å². The maximum Gasteiger partial charge on any atom is 0.262 e. The van der Waals surface area contributed by atoms with E-state index in [1.807, 2.05) is 13.0 Å². The summed E-state index contributed by atoms with van der Waals surface area (Å²) in [6.45, 7) is 4.06. The third-order valence-corrected chi connectivity index (χ3v) is 7.52. The molecule has 0 atom stereocenters. The summed E-state index contributed by atoms with van der Waals surface area (Å²) in [6.07, 6.45) is 0.570. The zero-order valence-electron chi connectivity index (χ0n) is 14.1. The topological polar surface area (TPSA) is 83.6 Å². The molecule has 0 bridgehead atoms. The molecule has 1 fully saturated rings. The highest BCUT2D eigenvalue weighted by atomic mass is 32.2. The van der Waals surface area contributed by atoms with E-state index < -0.39 is 20.0 Å². The van der Waals surface area contributed by atoms with Crippen molar-refractivity contribution in [2.24, 2.45) is 0 Å². The Morgan fingerprint density at radius 2 is 1.84 bits per heavy atom. The second-order valence-electron chi connectivity index (χ2n) is 6.17. The highest BCUT2D eigenvalue weighted by molar-refractivity contribution is 7.93. The van der Waals surface area contributed by atoms with E-state index in [-0.39, 0.29) is 10.6 Å². The zero-order chi connectivity index (χ0) is 18.2. The lowest BCUT2D eigenvalue weighted by Crippen LogP contribution is -2.25. The molecule has 0 saturated carbocycles. The summed E-state index contributed by atoms with van der Waals surface area (Å²) in [7, 11) is -7.06. The van der Waals surface area contributed by atoms with Crippen LogP contribution in [0.25, 0.3) is 0 Å². The highest BCUT2D eigenvalue weighted by Crippen LogP contribution is 2.28. The molecular formula is C17H20N2O4S2. The van der Waals surface area contributed by atoms with Crippen LogP contribution in [0.1, 0.15) is 17.5 Å². The van der Waals surface area contributed by atoms with E-state index in [0.29, 0.717) is 29.9 Å². The van der Waals surface area contributed by atoms with Gasteiger partial charge in [0.15, 0.2) is 0 Å². The van der Waals surface area contributed by atoms with E-state index in [1.54, 1.807) is 43.3 Å². The Kier molecular flexibility index (Phi) is 4.51. The van der Waals surface area contributed by atoms with E-state index >= 15 is 0 Å². The molecule has 0 amide bonds. The van der Waals surface area contributed by atoms with Crippen LogP contribution in [0.5, 0.6) is 0 Å². The van der Waals surface area contributed by atoms with Gasteiger partial charge < -0.3 is 0 Å². The number of nitrogens with zero attached hydrogens (tertiary/aromatic N) is 1. The van der Waals surface area contributed by atoms with Crippen molar-refractivity contribution < 1.29 is 16.8 Å². The number of hydrogen-bond donors (Lipinski definition) is 1. The first kappa shape index (κ1) is 17.8. The molecule has 1 aliphatic heterocycles. The van der Waals surface area contributed by atoms with Crippen molar-refractivity contribution in [2.45, 2.75) is 25.2 Å². The van der Waals surface area contributed by atoms with Crippen molar-refractivity contribution in [3.63, 3.8) is 0 Å². The van der Waals surface area contributed by atoms with E-state index in [1.165, 1.54) is 4.31 Å². The SMILES string of the molecule is Cc1ccc(S(=O)(=O)Nc2cccc(N3CCCS3(=O)=O)c2)c(C)c1. The van der Waals surface area contributed by atoms with Gasteiger partial charge in [0.1, 0.15) is 0 Å². The van der Waals surface area contributed by atoms with Gasteiger partial charge in [-0.15, -0.1) is 0 Å². The molecule has 1 N–H and O–H groups in total. The first-order valence-electron chi connectivity index (χ1n) is 7.90. The maximum atomic E-state index is 12.7. The van der Waals surface area contributed by atoms with Gasteiger partial charge in [-0.1, -0.05) is 23.8 Å². The number of nitrogens with one attached hydrogen (secondary N) is 1. The minimum absolute atomic E-state index is 0.117. The molecule has 8 heteroatoms. The molecule has 2 aromatic rings. The van der Waals surface area contributed by atoms with Gasteiger partial charge in [-0.3, -0.25) is 9.03 Å². The first-order valence-corrected chi connectivity index (χ1v) is 11.0. The summed E-state index contributed by atoms with van der Waals surface area (Å²) in [5.74, 6) is 0.117. The Morgan fingerprint density at radius 1 is 1.08 bits per heavy atom. The largest absolute Gasteiger partial charge is 0.280 e. The Balaban J connectivity index is 1.92. The minimum Gasteiger partial charge on any atom is -0.280 e. The van der Waals surface area contributed by atoms with Crippen molar-refractivity contribution in [3.8, 4) is 0 Å². The van der Waals surface area contributed by atoms with Gasteiger partial charge in [0.05, 0.1) is 22.0 Å². The van der Waals surface area contributed by atoms with Gasteiger partial charge >= 0.3 is 0 Å². The second-order valence-corrected chi connectivity index (χ2v) is 9.83. The zero-order valence-corrected chi connectivity index (χ0v) is 15.7. The molecule has 0 radical (unpaired) electrons. The number of anilines is 2. The summed E-state index contributed by atoms with van der Waals surface area (Å²) >= 11 is 0. The van der Waals surface area contributed by atoms with Gasteiger partial charge in [0.25, 0.3) is 10.0 Å². The fourth-order valence-electron chi connectivity index (χ4n) is 2.97. The van der Waals surface area contributed by atoms with Crippen LogP contribution in [0.2, 0.25) is 0 Å². The lowest BCUT2D eigenvalue weighted by Gasteiger charge is -2.18. The Morgan fingerprint density at radius 3 is 2.48 bits per heavy atom. The molecule has 1 aliphatic rings. The van der Waals surface area contributed by atoms with Gasteiger partial charge in [-0.25, -0.2) is 16.8 Å². The fourth-order valence-corrected chi connectivity index (χ4v) is 5.80. The van der Waals surface area contributed by atoms with E-state index in [0.717, 1.165) is 5.56 Å². The summed E-state index contributed by atoms with van der Waals surface area (Å²) in [6, 6.07) is 11.6. The number of sulfonamides is 2.